The number of rotatable bonds is 5. The molecule has 3 heterocycles. The zero-order valence-electron chi connectivity index (χ0n) is 14.6. The molecule has 0 saturated carbocycles. The van der Waals surface area contributed by atoms with Crippen molar-refractivity contribution in [3.05, 3.63) is 59.4 Å². The number of likely N-dealkylation sites (tertiary alicyclic amines) is 1. The van der Waals surface area contributed by atoms with Crippen molar-refractivity contribution >= 4 is 29.1 Å². The number of methoxy groups -OCH3 is 1. The summed E-state index contributed by atoms with van der Waals surface area (Å²) in [4.78, 5) is 37.1. The van der Waals surface area contributed by atoms with Gasteiger partial charge in [-0.1, -0.05) is 11.6 Å². The molecule has 3 atom stereocenters. The number of aromatic nitrogens is 1. The topological polar surface area (TPSA) is 72.0 Å². The number of pyridine rings is 1. The summed E-state index contributed by atoms with van der Waals surface area (Å²) in [5.74, 6) is -1.22. The van der Waals surface area contributed by atoms with Gasteiger partial charge in [-0.15, -0.1) is 0 Å². The summed E-state index contributed by atoms with van der Waals surface area (Å²) >= 11 is 5.99. The van der Waals surface area contributed by atoms with E-state index in [4.69, 9.17) is 21.2 Å². The number of halogens is 1. The van der Waals surface area contributed by atoms with E-state index in [-0.39, 0.29) is 25.0 Å². The molecule has 2 amide bonds. The summed E-state index contributed by atoms with van der Waals surface area (Å²) in [7, 11) is 1.53. The summed E-state index contributed by atoms with van der Waals surface area (Å²) in [6.07, 6.45) is 2.46. The number of hydroxylamine groups is 1. The molecule has 0 aliphatic carbocycles. The van der Waals surface area contributed by atoms with Crippen molar-refractivity contribution in [1.82, 2.24) is 9.88 Å². The number of hydrogen-bond donors (Lipinski definition) is 0. The fourth-order valence-corrected chi connectivity index (χ4v) is 3.71. The predicted octanol–water partition coefficient (Wildman–Crippen LogP) is 2.23. The third kappa shape index (κ3) is 3.07. The largest absolute Gasteiger partial charge is 0.383 e. The van der Waals surface area contributed by atoms with Crippen molar-refractivity contribution in [1.29, 1.82) is 0 Å². The van der Waals surface area contributed by atoms with Crippen molar-refractivity contribution < 1.29 is 19.2 Å². The maximum atomic E-state index is 13.0. The van der Waals surface area contributed by atoms with Gasteiger partial charge in [-0.2, -0.15) is 0 Å². The Kier molecular flexibility index (Phi) is 4.82. The quantitative estimate of drug-likeness (QED) is 0.733. The molecule has 27 heavy (non-hydrogen) atoms. The zero-order chi connectivity index (χ0) is 19.0. The molecule has 0 radical (unpaired) electrons. The van der Waals surface area contributed by atoms with Crippen LogP contribution in [-0.2, 0) is 19.2 Å². The van der Waals surface area contributed by atoms with E-state index in [0.29, 0.717) is 5.02 Å². The van der Waals surface area contributed by atoms with Crippen molar-refractivity contribution in [2.45, 2.75) is 12.1 Å². The Morgan fingerprint density at radius 2 is 1.81 bits per heavy atom. The van der Waals surface area contributed by atoms with Crippen LogP contribution in [0.1, 0.15) is 11.6 Å². The minimum absolute atomic E-state index is 0.217. The summed E-state index contributed by atoms with van der Waals surface area (Å²) in [6.45, 7) is 0.506. The van der Waals surface area contributed by atoms with Crippen LogP contribution in [-0.4, -0.2) is 48.1 Å². The smallest absolute Gasteiger partial charge is 0.262 e. The first-order chi connectivity index (χ1) is 13.1. The second-order valence-electron chi connectivity index (χ2n) is 6.40. The Labute approximate surface area is 161 Å². The molecule has 0 N–H and O–H groups in total. The van der Waals surface area contributed by atoms with Gasteiger partial charge in [0.05, 0.1) is 24.9 Å². The Bertz CT molecular complexity index is 846. The van der Waals surface area contributed by atoms with Gasteiger partial charge in [0, 0.05) is 24.5 Å². The molecular weight excluding hydrogens is 370 g/mol. The minimum Gasteiger partial charge on any atom is -0.383 e. The average molecular weight is 388 g/mol. The van der Waals surface area contributed by atoms with Crippen molar-refractivity contribution in [2.24, 2.45) is 5.92 Å². The van der Waals surface area contributed by atoms with Gasteiger partial charge in [-0.05, 0) is 42.0 Å². The van der Waals surface area contributed by atoms with Crippen LogP contribution < -0.4 is 5.06 Å². The average Bonchev–Trinajstić information content (AvgIpc) is 3.19. The van der Waals surface area contributed by atoms with Gasteiger partial charge >= 0.3 is 0 Å². The van der Waals surface area contributed by atoms with Gasteiger partial charge in [0.1, 0.15) is 5.92 Å². The molecule has 8 heteroatoms. The summed E-state index contributed by atoms with van der Waals surface area (Å²) < 4.78 is 5.02. The standard InChI is InChI=1S/C19H18ClN3O4/c1-26-11-10-22-18(24)15-16(12-6-8-21-9-7-12)23(27-17(15)19(22)25)14-4-2-13(20)3-5-14/h2-9,15-17H,10-11H2,1H3/t15-,16+,17+/m0/s1. The first kappa shape index (κ1) is 17.9. The maximum Gasteiger partial charge on any atom is 0.262 e. The van der Waals surface area contributed by atoms with E-state index < -0.39 is 18.1 Å². The van der Waals surface area contributed by atoms with Crippen LogP contribution in [0.25, 0.3) is 0 Å². The lowest BCUT2D eigenvalue weighted by Gasteiger charge is -2.28. The number of carbonyl (C=O) groups is 2. The second kappa shape index (κ2) is 7.26. The molecule has 4 rings (SSSR count). The fourth-order valence-electron chi connectivity index (χ4n) is 3.59. The van der Waals surface area contributed by atoms with Crippen LogP contribution >= 0.6 is 11.6 Å². The number of carbonyl (C=O) groups excluding carboxylic acids is 2. The molecular formula is C19H18ClN3O4. The lowest BCUT2D eigenvalue weighted by molar-refractivity contribution is -0.143. The highest BCUT2D eigenvalue weighted by Crippen LogP contribution is 2.46. The summed E-state index contributed by atoms with van der Waals surface area (Å²) in [5.41, 5.74) is 1.57. The van der Waals surface area contributed by atoms with Gasteiger partial charge < -0.3 is 4.74 Å². The third-order valence-electron chi connectivity index (χ3n) is 4.85. The molecule has 0 unspecified atom stereocenters. The van der Waals surface area contributed by atoms with Gasteiger partial charge in [-0.25, -0.2) is 5.06 Å². The lowest BCUT2D eigenvalue weighted by atomic mass is 9.91. The molecule has 2 aromatic rings. The van der Waals surface area contributed by atoms with Crippen LogP contribution in [0.5, 0.6) is 0 Å². The number of imide groups is 1. The number of fused-ring (bicyclic) bond motifs is 1. The second-order valence-corrected chi connectivity index (χ2v) is 6.84. The molecule has 2 fully saturated rings. The molecule has 2 saturated heterocycles. The monoisotopic (exact) mass is 387 g/mol. The number of ether oxygens (including phenoxy) is 1. The van der Waals surface area contributed by atoms with Crippen LogP contribution in [0.15, 0.2) is 48.8 Å². The fraction of sp³-hybridized carbons (Fsp3) is 0.316. The van der Waals surface area contributed by atoms with Crippen LogP contribution in [0.4, 0.5) is 5.69 Å². The van der Waals surface area contributed by atoms with E-state index in [0.717, 1.165) is 11.3 Å². The normalized spacial score (nSPS) is 24.6. The van der Waals surface area contributed by atoms with Crippen molar-refractivity contribution in [3.63, 3.8) is 0 Å². The number of benzene rings is 1. The number of nitrogens with zero attached hydrogens (tertiary/aromatic N) is 3. The highest BCUT2D eigenvalue weighted by Gasteiger charge is 2.59. The van der Waals surface area contributed by atoms with E-state index in [2.05, 4.69) is 4.98 Å². The zero-order valence-corrected chi connectivity index (χ0v) is 15.4. The Morgan fingerprint density at radius 1 is 1.11 bits per heavy atom. The third-order valence-corrected chi connectivity index (χ3v) is 5.11. The maximum absolute atomic E-state index is 13.0. The van der Waals surface area contributed by atoms with Gasteiger partial charge in [0.15, 0.2) is 6.10 Å². The first-order valence-corrected chi connectivity index (χ1v) is 8.95. The molecule has 0 spiro atoms. The highest BCUT2D eigenvalue weighted by atomic mass is 35.5. The Balaban J connectivity index is 1.73. The lowest BCUT2D eigenvalue weighted by Crippen LogP contribution is -2.39. The number of hydrogen-bond acceptors (Lipinski definition) is 6. The van der Waals surface area contributed by atoms with E-state index >= 15 is 0 Å². The van der Waals surface area contributed by atoms with Crippen LogP contribution in [0.2, 0.25) is 5.02 Å². The van der Waals surface area contributed by atoms with Crippen molar-refractivity contribution in [2.75, 3.05) is 25.3 Å². The highest BCUT2D eigenvalue weighted by molar-refractivity contribution is 6.30. The molecule has 7 nitrogen and oxygen atoms in total. The van der Waals surface area contributed by atoms with E-state index in [1.54, 1.807) is 41.7 Å². The Hall–Kier alpha value is -2.48. The summed E-state index contributed by atoms with van der Waals surface area (Å²) in [5, 5.41) is 2.22. The van der Waals surface area contributed by atoms with Gasteiger partial charge in [0.25, 0.3) is 5.91 Å². The van der Waals surface area contributed by atoms with Crippen molar-refractivity contribution in [3.8, 4) is 0 Å². The van der Waals surface area contributed by atoms with Gasteiger partial charge in [-0.3, -0.25) is 24.3 Å². The minimum atomic E-state index is -0.858. The number of anilines is 1. The van der Waals surface area contributed by atoms with Gasteiger partial charge in [0.2, 0.25) is 5.91 Å². The number of amides is 2. The molecule has 1 aromatic heterocycles. The molecule has 2 aliphatic rings. The van der Waals surface area contributed by atoms with E-state index in [1.807, 2.05) is 12.1 Å². The van der Waals surface area contributed by atoms with E-state index in [9.17, 15) is 9.59 Å². The molecule has 2 aliphatic heterocycles. The van der Waals surface area contributed by atoms with E-state index in [1.165, 1.54) is 12.0 Å². The molecule has 140 valence electrons. The van der Waals surface area contributed by atoms with Crippen LogP contribution in [0.3, 0.4) is 0 Å². The summed E-state index contributed by atoms with van der Waals surface area (Å²) in [6, 6.07) is 10.3. The van der Waals surface area contributed by atoms with Crippen LogP contribution in [0, 0.1) is 5.92 Å². The molecule has 1 aromatic carbocycles. The first-order valence-electron chi connectivity index (χ1n) is 8.57. The predicted molar refractivity (Wildman–Crippen MR) is 97.9 cm³/mol. The SMILES string of the molecule is COCCN1C(=O)[C@H]2[C@@H](c3ccncc3)N(c3ccc(Cl)cc3)O[C@H]2C1=O. The Morgan fingerprint density at radius 3 is 2.48 bits per heavy atom. The molecule has 0 bridgehead atoms.